The molecule has 4 heteroatoms. The van der Waals surface area contributed by atoms with E-state index in [0.717, 1.165) is 5.56 Å². The average molecular weight is 256 g/mol. The fourth-order valence-electron chi connectivity index (χ4n) is 2.50. The molecule has 0 aliphatic carbocycles. The van der Waals surface area contributed by atoms with Crippen molar-refractivity contribution >= 4 is 11.8 Å². The van der Waals surface area contributed by atoms with Gasteiger partial charge in [-0.05, 0) is 12.0 Å². The van der Waals surface area contributed by atoms with Crippen molar-refractivity contribution in [1.82, 2.24) is 4.90 Å². The Bertz CT molecular complexity index is 519. The Kier molecular flexibility index (Phi) is 3.96. The molecule has 0 N–H and O–H groups in total. The molecule has 0 bridgehead atoms. The lowest BCUT2D eigenvalue weighted by Crippen LogP contribution is -2.39. The maximum absolute atomic E-state index is 12.4. The van der Waals surface area contributed by atoms with E-state index in [1.807, 2.05) is 43.3 Å². The van der Waals surface area contributed by atoms with Crippen LogP contribution in [0.5, 0.6) is 0 Å². The van der Waals surface area contributed by atoms with E-state index in [1.165, 1.54) is 4.90 Å². The van der Waals surface area contributed by atoms with E-state index in [0.29, 0.717) is 6.42 Å². The molecule has 2 atom stereocenters. The van der Waals surface area contributed by atoms with E-state index in [1.54, 1.807) is 0 Å². The van der Waals surface area contributed by atoms with Gasteiger partial charge in [-0.15, -0.1) is 0 Å². The normalized spacial score (nSPS) is 20.4. The Morgan fingerprint density at radius 2 is 2.05 bits per heavy atom. The third-order valence-electron chi connectivity index (χ3n) is 3.55. The fourth-order valence-corrected chi connectivity index (χ4v) is 2.50. The molecule has 2 amide bonds. The van der Waals surface area contributed by atoms with E-state index in [4.69, 9.17) is 5.26 Å². The van der Waals surface area contributed by atoms with Gasteiger partial charge in [-0.3, -0.25) is 14.5 Å². The number of hydrogen-bond acceptors (Lipinski definition) is 3. The topological polar surface area (TPSA) is 61.2 Å². The average Bonchev–Trinajstić information content (AvgIpc) is 2.73. The third kappa shape index (κ3) is 2.50. The van der Waals surface area contributed by atoms with Crippen LogP contribution in [0.3, 0.4) is 0 Å². The molecule has 2 rings (SSSR count). The lowest BCUT2D eigenvalue weighted by molar-refractivity contribution is -0.141. The molecular weight excluding hydrogens is 240 g/mol. The van der Waals surface area contributed by atoms with E-state index >= 15 is 0 Å². The predicted octanol–water partition coefficient (Wildman–Crippen LogP) is 2.22. The van der Waals surface area contributed by atoms with Gasteiger partial charge in [-0.25, -0.2) is 0 Å². The minimum absolute atomic E-state index is 0.166. The van der Waals surface area contributed by atoms with Gasteiger partial charge >= 0.3 is 0 Å². The number of nitrogens with zero attached hydrogens (tertiary/aromatic N) is 2. The van der Waals surface area contributed by atoms with Gasteiger partial charge in [0.2, 0.25) is 11.8 Å². The van der Waals surface area contributed by atoms with Crippen LogP contribution in [0.4, 0.5) is 0 Å². The second-order valence-corrected chi connectivity index (χ2v) is 4.69. The number of hydrogen-bond donors (Lipinski definition) is 0. The number of likely N-dealkylation sites (tertiary alicyclic amines) is 1. The molecule has 1 aliphatic rings. The molecule has 1 aromatic carbocycles. The van der Waals surface area contributed by atoms with Gasteiger partial charge in [-0.1, -0.05) is 37.3 Å². The summed E-state index contributed by atoms with van der Waals surface area (Å²) in [7, 11) is 0. The Labute approximate surface area is 112 Å². The van der Waals surface area contributed by atoms with Gasteiger partial charge in [0.05, 0.1) is 24.4 Å². The van der Waals surface area contributed by atoms with Crippen molar-refractivity contribution < 1.29 is 9.59 Å². The van der Waals surface area contributed by atoms with Gasteiger partial charge in [0.1, 0.15) is 0 Å². The number of amides is 2. The molecular formula is C15H16N2O2. The van der Waals surface area contributed by atoms with Crippen LogP contribution < -0.4 is 0 Å². The summed E-state index contributed by atoms with van der Waals surface area (Å²) in [4.78, 5) is 25.7. The lowest BCUT2D eigenvalue weighted by Gasteiger charge is -2.23. The minimum atomic E-state index is -0.388. The molecule has 0 spiro atoms. The Morgan fingerprint density at radius 3 is 2.63 bits per heavy atom. The second kappa shape index (κ2) is 5.66. The van der Waals surface area contributed by atoms with Gasteiger partial charge in [0.15, 0.2) is 0 Å². The van der Waals surface area contributed by atoms with Crippen molar-refractivity contribution in [1.29, 1.82) is 5.26 Å². The number of carbonyl (C=O) groups is 2. The molecule has 2 unspecified atom stereocenters. The molecule has 1 aromatic rings. The van der Waals surface area contributed by atoms with Crippen molar-refractivity contribution in [2.24, 2.45) is 0 Å². The Morgan fingerprint density at radius 1 is 1.37 bits per heavy atom. The molecule has 0 aromatic heterocycles. The predicted molar refractivity (Wildman–Crippen MR) is 70.0 cm³/mol. The highest BCUT2D eigenvalue weighted by Gasteiger charge is 2.42. The van der Waals surface area contributed by atoms with E-state index in [2.05, 4.69) is 0 Å². The largest absolute Gasteiger partial charge is 0.278 e. The van der Waals surface area contributed by atoms with Gasteiger partial charge in [0.25, 0.3) is 0 Å². The summed E-state index contributed by atoms with van der Waals surface area (Å²) < 4.78 is 0. The molecule has 0 radical (unpaired) electrons. The third-order valence-corrected chi connectivity index (χ3v) is 3.55. The zero-order chi connectivity index (χ0) is 13.8. The lowest BCUT2D eigenvalue weighted by atomic mass is 9.98. The highest BCUT2D eigenvalue weighted by molar-refractivity contribution is 6.06. The van der Waals surface area contributed by atoms with Crippen LogP contribution >= 0.6 is 0 Å². The molecule has 19 heavy (non-hydrogen) atoms. The first-order chi connectivity index (χ1) is 9.19. The van der Waals surface area contributed by atoms with Crippen LogP contribution in [0.15, 0.2) is 30.3 Å². The van der Waals surface area contributed by atoms with Gasteiger partial charge < -0.3 is 0 Å². The summed E-state index contributed by atoms with van der Waals surface area (Å²) in [6.45, 7) is 1.89. The number of benzene rings is 1. The van der Waals surface area contributed by atoms with Crippen LogP contribution in [0.1, 0.15) is 37.7 Å². The highest BCUT2D eigenvalue weighted by atomic mass is 16.2. The summed E-state index contributed by atoms with van der Waals surface area (Å²) in [5.74, 6) is -0.722. The summed E-state index contributed by atoms with van der Waals surface area (Å²) in [6.07, 6.45) is 1.03. The smallest absolute Gasteiger partial charge is 0.237 e. The molecule has 98 valence electrons. The summed E-state index contributed by atoms with van der Waals surface area (Å²) in [6, 6.07) is 11.1. The van der Waals surface area contributed by atoms with Gasteiger partial charge in [0, 0.05) is 6.42 Å². The number of carbonyl (C=O) groups excluding carboxylic acids is 2. The zero-order valence-corrected chi connectivity index (χ0v) is 10.9. The number of rotatable bonds is 4. The molecule has 1 saturated heterocycles. The molecule has 1 aliphatic heterocycles. The van der Waals surface area contributed by atoms with Crippen LogP contribution in [0.25, 0.3) is 0 Å². The first-order valence-electron chi connectivity index (χ1n) is 6.46. The molecule has 4 nitrogen and oxygen atoms in total. The first-order valence-corrected chi connectivity index (χ1v) is 6.46. The SMILES string of the molecule is CCC(CC#N)N1C(=O)CC(c2ccccc2)C1=O. The number of nitriles is 1. The van der Waals surface area contributed by atoms with E-state index in [-0.39, 0.29) is 36.6 Å². The second-order valence-electron chi connectivity index (χ2n) is 4.69. The van der Waals surface area contributed by atoms with Crippen LogP contribution in [-0.4, -0.2) is 22.8 Å². The quantitative estimate of drug-likeness (QED) is 0.776. The van der Waals surface area contributed by atoms with E-state index < -0.39 is 0 Å². The Hall–Kier alpha value is -2.15. The number of imide groups is 1. The highest BCUT2D eigenvalue weighted by Crippen LogP contribution is 2.31. The monoisotopic (exact) mass is 256 g/mol. The van der Waals surface area contributed by atoms with Crippen molar-refractivity contribution in [3.63, 3.8) is 0 Å². The summed E-state index contributed by atoms with van der Waals surface area (Å²) >= 11 is 0. The molecule has 1 fully saturated rings. The first kappa shape index (κ1) is 13.3. The summed E-state index contributed by atoms with van der Waals surface area (Å²) in [5, 5.41) is 8.78. The Balaban J connectivity index is 2.24. The van der Waals surface area contributed by atoms with Crippen LogP contribution in [0, 0.1) is 11.3 Å². The standard InChI is InChI=1S/C15H16N2O2/c1-2-12(8-9-16)17-14(18)10-13(15(17)19)11-6-4-3-5-7-11/h3-7,12-13H,2,8,10H2,1H3. The fraction of sp³-hybridized carbons (Fsp3) is 0.400. The van der Waals surface area contributed by atoms with Gasteiger partial charge in [-0.2, -0.15) is 5.26 Å². The van der Waals surface area contributed by atoms with Crippen molar-refractivity contribution in [2.75, 3.05) is 0 Å². The van der Waals surface area contributed by atoms with Crippen molar-refractivity contribution in [2.45, 2.75) is 38.1 Å². The van der Waals surface area contributed by atoms with Crippen molar-refractivity contribution in [3.8, 4) is 6.07 Å². The molecule has 1 heterocycles. The van der Waals surface area contributed by atoms with E-state index in [9.17, 15) is 9.59 Å². The minimum Gasteiger partial charge on any atom is -0.278 e. The maximum Gasteiger partial charge on any atom is 0.237 e. The van der Waals surface area contributed by atoms with Crippen LogP contribution in [-0.2, 0) is 9.59 Å². The maximum atomic E-state index is 12.4. The summed E-state index contributed by atoms with van der Waals surface area (Å²) in [5.41, 5.74) is 0.871. The zero-order valence-electron chi connectivity index (χ0n) is 10.9. The van der Waals surface area contributed by atoms with Crippen molar-refractivity contribution in [3.05, 3.63) is 35.9 Å². The molecule has 0 saturated carbocycles. The van der Waals surface area contributed by atoms with Crippen LogP contribution in [0.2, 0.25) is 0 Å².